The van der Waals surface area contributed by atoms with E-state index in [9.17, 15) is 13.2 Å². The van der Waals surface area contributed by atoms with Gasteiger partial charge in [-0.2, -0.15) is 0 Å². The van der Waals surface area contributed by atoms with Crippen molar-refractivity contribution < 1.29 is 18.3 Å². The first-order chi connectivity index (χ1) is 8.48. The maximum atomic E-state index is 11.5. The molecule has 98 valence electrons. The Morgan fingerprint density at radius 1 is 1.28 bits per heavy atom. The standard InChI is InChI=1S/C11H14N2O4S/c14-11(15)9-2-3-10(12-8-9)13-4-1-6-18(16,17)7-5-13/h2-3,8H,1,4-7H2,(H,14,15). The zero-order valence-electron chi connectivity index (χ0n) is 9.74. The van der Waals surface area contributed by atoms with Crippen LogP contribution in [0.1, 0.15) is 16.8 Å². The number of hydrogen-bond donors (Lipinski definition) is 1. The molecule has 0 saturated carbocycles. The summed E-state index contributed by atoms with van der Waals surface area (Å²) in [4.78, 5) is 16.6. The molecule has 1 fully saturated rings. The van der Waals surface area contributed by atoms with Crippen molar-refractivity contribution in [1.82, 2.24) is 4.98 Å². The van der Waals surface area contributed by atoms with E-state index in [4.69, 9.17) is 5.11 Å². The first kappa shape index (κ1) is 12.8. The molecule has 0 aliphatic carbocycles. The van der Waals surface area contributed by atoms with Gasteiger partial charge in [0.1, 0.15) is 5.82 Å². The second kappa shape index (κ2) is 4.93. The van der Waals surface area contributed by atoms with Crippen LogP contribution in [0.5, 0.6) is 0 Å². The summed E-state index contributed by atoms with van der Waals surface area (Å²) in [6.45, 7) is 1.03. The summed E-state index contributed by atoms with van der Waals surface area (Å²) in [6, 6.07) is 3.09. The summed E-state index contributed by atoms with van der Waals surface area (Å²) in [6.07, 6.45) is 1.86. The first-order valence-electron chi connectivity index (χ1n) is 5.63. The largest absolute Gasteiger partial charge is 0.478 e. The predicted octanol–water partition coefficient (Wildman–Crippen LogP) is 0.405. The zero-order valence-corrected chi connectivity index (χ0v) is 10.6. The van der Waals surface area contributed by atoms with Crippen molar-refractivity contribution in [2.75, 3.05) is 29.5 Å². The Balaban J connectivity index is 2.14. The van der Waals surface area contributed by atoms with Crippen LogP contribution in [0.2, 0.25) is 0 Å². The molecule has 0 bridgehead atoms. The van der Waals surface area contributed by atoms with E-state index in [1.165, 1.54) is 12.3 Å². The number of nitrogens with zero attached hydrogens (tertiary/aromatic N) is 2. The van der Waals surface area contributed by atoms with Crippen molar-refractivity contribution in [2.24, 2.45) is 0 Å². The molecule has 1 saturated heterocycles. The van der Waals surface area contributed by atoms with Gasteiger partial charge in [-0.1, -0.05) is 0 Å². The number of carbonyl (C=O) groups is 1. The third kappa shape index (κ3) is 2.98. The number of carboxylic acids is 1. The Labute approximate surface area is 105 Å². The SMILES string of the molecule is O=C(O)c1ccc(N2CCCS(=O)(=O)CC2)nc1. The van der Waals surface area contributed by atoms with Gasteiger partial charge in [0, 0.05) is 19.3 Å². The second-order valence-electron chi connectivity index (χ2n) is 4.20. The number of rotatable bonds is 2. The summed E-state index contributed by atoms with van der Waals surface area (Å²) in [5, 5.41) is 8.77. The maximum absolute atomic E-state index is 11.5. The van der Waals surface area contributed by atoms with Crippen LogP contribution < -0.4 is 4.90 Å². The van der Waals surface area contributed by atoms with E-state index in [1.807, 2.05) is 4.90 Å². The van der Waals surface area contributed by atoms with Crippen LogP contribution in [0.25, 0.3) is 0 Å². The van der Waals surface area contributed by atoms with Gasteiger partial charge < -0.3 is 10.0 Å². The van der Waals surface area contributed by atoms with E-state index in [0.717, 1.165) is 0 Å². The molecule has 1 aromatic rings. The van der Waals surface area contributed by atoms with E-state index in [0.29, 0.717) is 25.3 Å². The molecule has 18 heavy (non-hydrogen) atoms. The van der Waals surface area contributed by atoms with Crippen molar-refractivity contribution >= 4 is 21.6 Å². The van der Waals surface area contributed by atoms with Gasteiger partial charge in [0.2, 0.25) is 0 Å². The molecule has 6 nitrogen and oxygen atoms in total. The molecular formula is C11H14N2O4S. The summed E-state index contributed by atoms with van der Waals surface area (Å²) < 4.78 is 22.9. The highest BCUT2D eigenvalue weighted by molar-refractivity contribution is 7.91. The van der Waals surface area contributed by atoms with Crippen molar-refractivity contribution in [3.63, 3.8) is 0 Å². The first-order valence-corrected chi connectivity index (χ1v) is 7.45. The van der Waals surface area contributed by atoms with Gasteiger partial charge in [-0.05, 0) is 18.6 Å². The van der Waals surface area contributed by atoms with Gasteiger partial charge in [0.25, 0.3) is 0 Å². The molecule has 1 N–H and O–H groups in total. The Hall–Kier alpha value is -1.63. The lowest BCUT2D eigenvalue weighted by atomic mass is 10.3. The monoisotopic (exact) mass is 270 g/mol. The minimum atomic E-state index is -2.95. The number of carboxylic acid groups (broad SMARTS) is 1. The average Bonchev–Trinajstić information content (AvgIpc) is 2.50. The number of anilines is 1. The van der Waals surface area contributed by atoms with Crippen molar-refractivity contribution in [3.8, 4) is 0 Å². The topological polar surface area (TPSA) is 87.6 Å². The molecular weight excluding hydrogens is 256 g/mol. The lowest BCUT2D eigenvalue weighted by Gasteiger charge is -2.20. The molecule has 0 atom stereocenters. The Morgan fingerprint density at radius 2 is 2.06 bits per heavy atom. The Morgan fingerprint density at radius 3 is 2.67 bits per heavy atom. The van der Waals surface area contributed by atoms with E-state index in [2.05, 4.69) is 4.98 Å². The van der Waals surface area contributed by atoms with Crippen LogP contribution in [0.3, 0.4) is 0 Å². The molecule has 0 radical (unpaired) electrons. The molecule has 0 unspecified atom stereocenters. The lowest BCUT2D eigenvalue weighted by molar-refractivity contribution is 0.0696. The molecule has 0 spiro atoms. The van der Waals surface area contributed by atoms with Gasteiger partial charge in [-0.3, -0.25) is 0 Å². The highest BCUT2D eigenvalue weighted by Gasteiger charge is 2.20. The van der Waals surface area contributed by atoms with E-state index < -0.39 is 15.8 Å². The molecule has 1 aromatic heterocycles. The molecule has 1 aliphatic rings. The van der Waals surface area contributed by atoms with Gasteiger partial charge in [-0.25, -0.2) is 18.2 Å². The van der Waals surface area contributed by atoms with Crippen LogP contribution in [-0.2, 0) is 9.84 Å². The molecule has 2 heterocycles. The normalized spacial score (nSPS) is 19.2. The van der Waals surface area contributed by atoms with Crippen LogP contribution >= 0.6 is 0 Å². The molecule has 0 aromatic carbocycles. The summed E-state index contributed by atoms with van der Waals surface area (Å²) in [5.74, 6) is -0.0731. The van der Waals surface area contributed by atoms with E-state index in [-0.39, 0.29) is 17.1 Å². The van der Waals surface area contributed by atoms with E-state index in [1.54, 1.807) is 6.07 Å². The summed E-state index contributed by atoms with van der Waals surface area (Å²) in [5.41, 5.74) is 0.126. The Kier molecular flexibility index (Phi) is 3.51. The minimum Gasteiger partial charge on any atom is -0.478 e. The van der Waals surface area contributed by atoms with Gasteiger partial charge in [0.15, 0.2) is 9.84 Å². The molecule has 2 rings (SSSR count). The summed E-state index contributed by atoms with van der Waals surface area (Å²) in [7, 11) is -2.95. The Bertz CT molecular complexity index is 539. The molecule has 7 heteroatoms. The molecule has 1 aliphatic heterocycles. The third-order valence-corrected chi connectivity index (χ3v) is 4.59. The van der Waals surface area contributed by atoms with Gasteiger partial charge in [-0.15, -0.1) is 0 Å². The quantitative estimate of drug-likeness (QED) is 0.837. The maximum Gasteiger partial charge on any atom is 0.337 e. The van der Waals surface area contributed by atoms with Crippen LogP contribution in [0.15, 0.2) is 18.3 Å². The third-order valence-electron chi connectivity index (χ3n) is 2.87. The fraction of sp³-hybridized carbons (Fsp3) is 0.455. The number of aromatic carboxylic acids is 1. The smallest absolute Gasteiger partial charge is 0.337 e. The van der Waals surface area contributed by atoms with E-state index >= 15 is 0 Å². The van der Waals surface area contributed by atoms with Crippen molar-refractivity contribution in [2.45, 2.75) is 6.42 Å². The van der Waals surface area contributed by atoms with Gasteiger partial charge in [0.05, 0.1) is 17.1 Å². The van der Waals surface area contributed by atoms with Crippen molar-refractivity contribution in [3.05, 3.63) is 23.9 Å². The number of hydrogen-bond acceptors (Lipinski definition) is 5. The highest BCUT2D eigenvalue weighted by Crippen LogP contribution is 2.15. The average molecular weight is 270 g/mol. The number of aromatic nitrogens is 1. The lowest BCUT2D eigenvalue weighted by Crippen LogP contribution is -2.27. The van der Waals surface area contributed by atoms with Crippen LogP contribution in [-0.4, -0.2) is 49.1 Å². The fourth-order valence-electron chi connectivity index (χ4n) is 1.87. The minimum absolute atomic E-state index is 0.120. The second-order valence-corrected chi connectivity index (χ2v) is 6.51. The molecule has 0 amide bonds. The van der Waals surface area contributed by atoms with Crippen molar-refractivity contribution in [1.29, 1.82) is 0 Å². The predicted molar refractivity (Wildman–Crippen MR) is 66.7 cm³/mol. The fourth-order valence-corrected chi connectivity index (χ4v) is 3.14. The summed E-state index contributed by atoms with van der Waals surface area (Å²) >= 11 is 0. The van der Waals surface area contributed by atoms with Crippen LogP contribution in [0, 0.1) is 0 Å². The van der Waals surface area contributed by atoms with Crippen LogP contribution in [0.4, 0.5) is 5.82 Å². The highest BCUT2D eigenvalue weighted by atomic mass is 32.2. The number of pyridine rings is 1. The number of sulfone groups is 1. The zero-order chi connectivity index (χ0) is 13.2. The van der Waals surface area contributed by atoms with Gasteiger partial charge >= 0.3 is 5.97 Å².